The normalized spacial score (nSPS) is 18.2. The maximum absolute atomic E-state index is 13.5. The number of hydrogen-bond acceptors (Lipinski definition) is 7. The van der Waals surface area contributed by atoms with Crippen molar-refractivity contribution in [2.45, 2.75) is 60.1 Å². The summed E-state index contributed by atoms with van der Waals surface area (Å²) in [7, 11) is 1.67. The average molecular weight is 512 g/mol. The third kappa shape index (κ3) is 6.80. The van der Waals surface area contributed by atoms with E-state index >= 15 is 0 Å². The van der Waals surface area contributed by atoms with Crippen molar-refractivity contribution in [2.24, 2.45) is 11.8 Å². The van der Waals surface area contributed by atoms with Gasteiger partial charge in [-0.25, -0.2) is 9.78 Å². The molecule has 2 aromatic heterocycles. The van der Waals surface area contributed by atoms with Crippen molar-refractivity contribution in [3.8, 4) is 17.7 Å². The number of hydrogen-bond donors (Lipinski definition) is 2. The van der Waals surface area contributed by atoms with E-state index in [2.05, 4.69) is 41.1 Å². The predicted octanol–water partition coefficient (Wildman–Crippen LogP) is 3.47. The molecule has 0 radical (unpaired) electrons. The van der Waals surface area contributed by atoms with Gasteiger partial charge in [0.2, 0.25) is 5.88 Å². The van der Waals surface area contributed by atoms with Crippen molar-refractivity contribution in [3.05, 3.63) is 34.8 Å². The van der Waals surface area contributed by atoms with E-state index in [-0.39, 0.29) is 42.5 Å². The molecule has 2 aromatic rings. The third-order valence-corrected chi connectivity index (χ3v) is 6.33. The van der Waals surface area contributed by atoms with Crippen LogP contribution in [0.3, 0.4) is 0 Å². The number of rotatable bonds is 6. The standard InChI is InChI=1S/C27H37N5O5/c1-16(2)9-8-10-21-11-22-25(28-12-21)36-23(17(3)13-32(26(22)34)18(4)15-33)14-31(7)27(35)29-24-19(5)30-37-20(24)6/h11-12,16-18,23,33H,9,13-15H2,1-7H3,(H,29,35)/t17-,18-,23+/m1/s1. The lowest BCUT2D eigenvalue weighted by molar-refractivity contribution is 0.0356. The van der Waals surface area contributed by atoms with Crippen LogP contribution < -0.4 is 10.1 Å². The maximum Gasteiger partial charge on any atom is 0.321 e. The van der Waals surface area contributed by atoms with Crippen LogP contribution in [0, 0.1) is 37.5 Å². The fraction of sp³-hybridized carbons (Fsp3) is 0.556. The number of amides is 3. The van der Waals surface area contributed by atoms with Crippen LogP contribution >= 0.6 is 0 Å². The highest BCUT2D eigenvalue weighted by molar-refractivity contribution is 5.97. The fourth-order valence-corrected chi connectivity index (χ4v) is 3.96. The summed E-state index contributed by atoms with van der Waals surface area (Å²) in [5, 5.41) is 16.5. The second-order valence-electron chi connectivity index (χ2n) is 10.1. The summed E-state index contributed by atoms with van der Waals surface area (Å²) in [6.45, 7) is 11.8. The molecule has 3 heterocycles. The van der Waals surface area contributed by atoms with Gasteiger partial charge in [-0.15, -0.1) is 0 Å². The second-order valence-corrected chi connectivity index (χ2v) is 10.1. The quantitative estimate of drug-likeness (QED) is 0.570. The summed E-state index contributed by atoms with van der Waals surface area (Å²) in [5.41, 5.74) is 2.04. The number of ether oxygens (including phenoxy) is 1. The Kier molecular flexibility index (Phi) is 9.16. The third-order valence-electron chi connectivity index (χ3n) is 6.33. The van der Waals surface area contributed by atoms with Crippen LogP contribution in [-0.2, 0) is 0 Å². The zero-order valence-corrected chi connectivity index (χ0v) is 22.7. The molecule has 0 unspecified atom stereocenters. The molecule has 37 heavy (non-hydrogen) atoms. The predicted molar refractivity (Wildman–Crippen MR) is 139 cm³/mol. The molecule has 0 saturated carbocycles. The van der Waals surface area contributed by atoms with Crippen molar-refractivity contribution in [2.75, 3.05) is 32.1 Å². The molecule has 0 saturated heterocycles. The van der Waals surface area contributed by atoms with Crippen molar-refractivity contribution in [1.29, 1.82) is 0 Å². The molecule has 0 spiro atoms. The zero-order valence-electron chi connectivity index (χ0n) is 22.7. The Labute approximate surface area is 218 Å². The first kappa shape index (κ1) is 28.0. The van der Waals surface area contributed by atoms with Crippen molar-refractivity contribution < 1.29 is 24.0 Å². The van der Waals surface area contributed by atoms with Gasteiger partial charge in [0.25, 0.3) is 5.91 Å². The smallest absolute Gasteiger partial charge is 0.321 e. The molecule has 10 heteroatoms. The number of carbonyl (C=O) groups excluding carboxylic acids is 2. The second kappa shape index (κ2) is 12.1. The molecule has 0 aromatic carbocycles. The number of aliphatic hydroxyl groups excluding tert-OH is 1. The summed E-state index contributed by atoms with van der Waals surface area (Å²) in [4.78, 5) is 34.0. The highest BCUT2D eigenvalue weighted by Gasteiger charge is 2.34. The Morgan fingerprint density at radius 3 is 2.70 bits per heavy atom. The first-order valence-corrected chi connectivity index (χ1v) is 12.5. The number of nitrogens with zero attached hydrogens (tertiary/aromatic N) is 4. The van der Waals surface area contributed by atoms with Crippen molar-refractivity contribution >= 4 is 17.6 Å². The highest BCUT2D eigenvalue weighted by Crippen LogP contribution is 2.27. The number of anilines is 1. The topological polar surface area (TPSA) is 121 Å². The summed E-state index contributed by atoms with van der Waals surface area (Å²) >= 11 is 0. The lowest BCUT2D eigenvalue weighted by atomic mass is 10.00. The molecule has 2 N–H and O–H groups in total. The Balaban J connectivity index is 1.88. The summed E-state index contributed by atoms with van der Waals surface area (Å²) in [5.74, 6) is 6.90. The molecule has 0 bridgehead atoms. The van der Waals surface area contributed by atoms with E-state index < -0.39 is 12.1 Å². The number of aliphatic hydroxyl groups is 1. The van der Waals surface area contributed by atoms with Crippen LogP contribution in [-0.4, -0.2) is 75.9 Å². The Hall–Kier alpha value is -3.58. The van der Waals surface area contributed by atoms with Gasteiger partial charge in [-0.1, -0.05) is 37.8 Å². The summed E-state index contributed by atoms with van der Waals surface area (Å²) in [6, 6.07) is 0.946. The van der Waals surface area contributed by atoms with E-state index in [1.54, 1.807) is 45.0 Å². The number of aryl methyl sites for hydroxylation is 2. The van der Waals surface area contributed by atoms with E-state index in [4.69, 9.17) is 9.26 Å². The maximum atomic E-state index is 13.5. The first-order valence-electron chi connectivity index (χ1n) is 12.5. The van der Waals surface area contributed by atoms with E-state index in [0.29, 0.717) is 35.2 Å². The minimum atomic E-state index is -0.467. The number of likely N-dealkylation sites (N-methyl/N-ethyl adjacent to an activating group) is 1. The van der Waals surface area contributed by atoms with Gasteiger partial charge < -0.3 is 29.5 Å². The molecule has 0 fully saturated rings. The van der Waals surface area contributed by atoms with Gasteiger partial charge in [-0.2, -0.15) is 0 Å². The van der Waals surface area contributed by atoms with Gasteiger partial charge in [0, 0.05) is 37.7 Å². The molecule has 3 amide bonds. The SMILES string of the molecule is Cc1noc(C)c1NC(=O)N(C)C[C@@H]1Oc2ncc(C#CCC(C)C)cc2C(=O)N([C@H](C)CO)C[C@H]1C. The van der Waals surface area contributed by atoms with Gasteiger partial charge >= 0.3 is 6.03 Å². The van der Waals surface area contributed by atoms with Gasteiger partial charge in [0.1, 0.15) is 23.0 Å². The van der Waals surface area contributed by atoms with Crippen LogP contribution in [0.15, 0.2) is 16.8 Å². The van der Waals surface area contributed by atoms with Crippen LogP contribution in [0.1, 0.15) is 61.5 Å². The van der Waals surface area contributed by atoms with E-state index in [0.717, 1.165) is 6.42 Å². The first-order chi connectivity index (χ1) is 17.5. The molecule has 1 aliphatic heterocycles. The lowest BCUT2D eigenvalue weighted by Crippen LogP contribution is -2.50. The molecule has 1 aliphatic rings. The Bertz CT molecular complexity index is 1160. The lowest BCUT2D eigenvalue weighted by Gasteiger charge is -2.37. The molecule has 3 rings (SSSR count). The van der Waals surface area contributed by atoms with Crippen LogP contribution in [0.25, 0.3) is 0 Å². The minimum absolute atomic E-state index is 0.160. The zero-order chi connectivity index (χ0) is 27.3. The summed E-state index contributed by atoms with van der Waals surface area (Å²) in [6.07, 6.45) is 1.86. The number of aromatic nitrogens is 2. The Morgan fingerprint density at radius 2 is 2.08 bits per heavy atom. The van der Waals surface area contributed by atoms with Crippen molar-refractivity contribution in [1.82, 2.24) is 19.9 Å². The van der Waals surface area contributed by atoms with Gasteiger partial charge in [-0.05, 0) is 32.8 Å². The monoisotopic (exact) mass is 511 g/mol. The van der Waals surface area contributed by atoms with Crippen LogP contribution in [0.5, 0.6) is 5.88 Å². The molecule has 3 atom stereocenters. The van der Waals surface area contributed by atoms with E-state index in [9.17, 15) is 14.7 Å². The number of fused-ring (bicyclic) bond motifs is 1. The summed E-state index contributed by atoms with van der Waals surface area (Å²) < 4.78 is 11.4. The molecule has 10 nitrogen and oxygen atoms in total. The van der Waals surface area contributed by atoms with Crippen molar-refractivity contribution in [3.63, 3.8) is 0 Å². The number of carbonyl (C=O) groups is 2. The largest absolute Gasteiger partial charge is 0.472 e. The molecule has 200 valence electrons. The number of nitrogens with one attached hydrogen (secondary N) is 1. The number of pyridine rings is 1. The molecule has 0 aliphatic carbocycles. The highest BCUT2D eigenvalue weighted by atomic mass is 16.5. The van der Waals surface area contributed by atoms with E-state index in [1.807, 2.05) is 6.92 Å². The number of urea groups is 1. The molecular formula is C27H37N5O5. The minimum Gasteiger partial charge on any atom is -0.472 e. The van der Waals surface area contributed by atoms with Crippen LogP contribution in [0.4, 0.5) is 10.5 Å². The average Bonchev–Trinajstić information content (AvgIpc) is 3.17. The fourth-order valence-electron chi connectivity index (χ4n) is 3.96. The van der Waals surface area contributed by atoms with Gasteiger partial charge in [0.15, 0.2) is 5.76 Å². The van der Waals surface area contributed by atoms with Gasteiger partial charge in [-0.3, -0.25) is 4.79 Å². The van der Waals surface area contributed by atoms with E-state index in [1.165, 1.54) is 4.90 Å². The molecular weight excluding hydrogens is 474 g/mol. The van der Waals surface area contributed by atoms with Crippen LogP contribution in [0.2, 0.25) is 0 Å². The Morgan fingerprint density at radius 1 is 1.35 bits per heavy atom. The van der Waals surface area contributed by atoms with Gasteiger partial charge in [0.05, 0.1) is 19.2 Å².